The van der Waals surface area contributed by atoms with Crippen LogP contribution in [0.25, 0.3) is 106 Å². The number of fused-ring (bicyclic) bond motifs is 7. The van der Waals surface area contributed by atoms with Crippen LogP contribution >= 0.6 is 34.0 Å². The zero-order valence-electron chi connectivity index (χ0n) is 28.4. The van der Waals surface area contributed by atoms with Gasteiger partial charge in [0.25, 0.3) is 0 Å². The van der Waals surface area contributed by atoms with Crippen LogP contribution in [0.2, 0.25) is 0 Å². The molecule has 0 saturated heterocycles. The maximum atomic E-state index is 5.32. The highest BCUT2D eigenvalue weighted by Crippen LogP contribution is 2.43. The summed E-state index contributed by atoms with van der Waals surface area (Å²) in [4.78, 5) is 5.32. The Morgan fingerprint density at radius 1 is 0.302 bits per heavy atom. The Labute approximate surface area is 318 Å². The maximum Gasteiger partial charge on any atom is 0.124 e. The van der Waals surface area contributed by atoms with E-state index >= 15 is 0 Å². The standard InChI is InChI=1S/C49H29NS3/c1-2-8-34(9-3-1)49-50-47-37(32-18-14-30(15-19-32)35-22-26-45-41(28-35)39-10-4-6-12-43(39)51-45)24-25-38(48(47)53-49)33-20-16-31(17-21-33)36-23-27-46-42(29-36)40-11-5-7-13-44(40)52-46/h1-29H. The number of benzene rings is 8. The Hall–Kier alpha value is -5.91. The molecule has 0 aliphatic heterocycles. The number of thiophene rings is 2. The van der Waals surface area contributed by atoms with Gasteiger partial charge in [0.2, 0.25) is 0 Å². The van der Waals surface area contributed by atoms with Crippen molar-refractivity contribution in [3.8, 4) is 55.1 Å². The zero-order chi connectivity index (χ0) is 34.9. The summed E-state index contributed by atoms with van der Waals surface area (Å²) < 4.78 is 6.54. The first-order valence-electron chi connectivity index (χ1n) is 17.8. The highest BCUT2D eigenvalue weighted by Gasteiger charge is 2.17. The van der Waals surface area contributed by atoms with Gasteiger partial charge in [0.05, 0.1) is 10.2 Å². The van der Waals surface area contributed by atoms with Crippen LogP contribution in [0.3, 0.4) is 0 Å². The van der Waals surface area contributed by atoms with E-state index in [1.54, 1.807) is 11.3 Å². The summed E-state index contributed by atoms with van der Waals surface area (Å²) in [6.07, 6.45) is 0. The van der Waals surface area contributed by atoms with E-state index in [0.717, 1.165) is 21.7 Å². The van der Waals surface area contributed by atoms with E-state index in [1.807, 2.05) is 22.7 Å². The lowest BCUT2D eigenvalue weighted by atomic mass is 9.95. The molecule has 0 fully saturated rings. The minimum absolute atomic E-state index is 1.04. The zero-order valence-corrected chi connectivity index (χ0v) is 30.9. The van der Waals surface area contributed by atoms with Crippen LogP contribution in [0.15, 0.2) is 176 Å². The molecule has 0 bridgehead atoms. The molecule has 11 aromatic rings. The first-order valence-corrected chi connectivity index (χ1v) is 20.2. The summed E-state index contributed by atoms with van der Waals surface area (Å²) in [5.41, 5.74) is 11.8. The summed E-state index contributed by atoms with van der Waals surface area (Å²) >= 11 is 5.50. The van der Waals surface area contributed by atoms with Crippen LogP contribution in [-0.2, 0) is 0 Å². The van der Waals surface area contributed by atoms with Crippen molar-refractivity contribution < 1.29 is 0 Å². The average Bonchev–Trinajstić information content (AvgIpc) is 3.94. The molecule has 11 rings (SSSR count). The number of hydrogen-bond donors (Lipinski definition) is 0. The van der Waals surface area contributed by atoms with Gasteiger partial charge in [0.1, 0.15) is 5.01 Å². The van der Waals surface area contributed by atoms with E-state index in [1.165, 1.54) is 84.0 Å². The number of aromatic nitrogens is 1. The highest BCUT2D eigenvalue weighted by molar-refractivity contribution is 7.26. The van der Waals surface area contributed by atoms with Crippen molar-refractivity contribution in [3.05, 3.63) is 176 Å². The summed E-state index contributed by atoms with van der Waals surface area (Å²) in [7, 11) is 0. The second-order valence-electron chi connectivity index (χ2n) is 13.5. The smallest absolute Gasteiger partial charge is 0.124 e. The lowest BCUT2D eigenvalue weighted by Gasteiger charge is -2.10. The van der Waals surface area contributed by atoms with Gasteiger partial charge < -0.3 is 0 Å². The first-order chi connectivity index (χ1) is 26.2. The molecule has 0 spiro atoms. The Bertz CT molecular complexity index is 2950. The molecule has 0 radical (unpaired) electrons. The lowest BCUT2D eigenvalue weighted by Crippen LogP contribution is -1.86. The van der Waals surface area contributed by atoms with E-state index in [0.29, 0.717) is 0 Å². The van der Waals surface area contributed by atoms with Gasteiger partial charge in [-0.1, -0.05) is 140 Å². The number of nitrogens with zero attached hydrogens (tertiary/aromatic N) is 1. The van der Waals surface area contributed by atoms with Gasteiger partial charge in [-0.25, -0.2) is 4.98 Å². The van der Waals surface area contributed by atoms with E-state index in [2.05, 4.69) is 176 Å². The number of hydrogen-bond acceptors (Lipinski definition) is 4. The van der Waals surface area contributed by atoms with Crippen molar-refractivity contribution in [3.63, 3.8) is 0 Å². The van der Waals surface area contributed by atoms with Crippen molar-refractivity contribution in [1.29, 1.82) is 0 Å². The average molecular weight is 728 g/mol. The summed E-state index contributed by atoms with van der Waals surface area (Å²) in [5, 5.41) is 6.35. The third kappa shape index (κ3) is 5.21. The van der Waals surface area contributed by atoms with Gasteiger partial charge in [0, 0.05) is 57.0 Å². The first kappa shape index (κ1) is 30.7. The quantitative estimate of drug-likeness (QED) is 0.172. The van der Waals surface area contributed by atoms with Gasteiger partial charge in [-0.3, -0.25) is 0 Å². The minimum atomic E-state index is 1.04. The van der Waals surface area contributed by atoms with Crippen molar-refractivity contribution in [2.24, 2.45) is 0 Å². The molecule has 4 heteroatoms. The van der Waals surface area contributed by atoms with Crippen LogP contribution < -0.4 is 0 Å². The largest absolute Gasteiger partial charge is 0.235 e. The van der Waals surface area contributed by atoms with Crippen molar-refractivity contribution in [1.82, 2.24) is 4.98 Å². The molecule has 0 amide bonds. The van der Waals surface area contributed by atoms with Gasteiger partial charge >= 0.3 is 0 Å². The van der Waals surface area contributed by atoms with Crippen LogP contribution in [0, 0.1) is 0 Å². The molecule has 53 heavy (non-hydrogen) atoms. The van der Waals surface area contributed by atoms with Gasteiger partial charge in [-0.15, -0.1) is 34.0 Å². The predicted molar refractivity (Wildman–Crippen MR) is 233 cm³/mol. The van der Waals surface area contributed by atoms with E-state index in [9.17, 15) is 0 Å². The second kappa shape index (κ2) is 12.4. The summed E-state index contributed by atoms with van der Waals surface area (Å²) in [6.45, 7) is 0. The Morgan fingerprint density at radius 3 is 1.34 bits per heavy atom. The van der Waals surface area contributed by atoms with Crippen molar-refractivity contribution >= 4 is 84.6 Å². The monoisotopic (exact) mass is 727 g/mol. The topological polar surface area (TPSA) is 12.9 Å². The van der Waals surface area contributed by atoms with Crippen molar-refractivity contribution in [2.45, 2.75) is 0 Å². The van der Waals surface area contributed by atoms with E-state index in [-0.39, 0.29) is 0 Å². The molecular weight excluding hydrogens is 699 g/mol. The van der Waals surface area contributed by atoms with Gasteiger partial charge in [0.15, 0.2) is 0 Å². The SMILES string of the molecule is c1ccc(-c2nc3c(-c4ccc(-c5ccc6sc7ccccc7c6c5)cc4)ccc(-c4ccc(-c5ccc6sc7ccccc7c6c5)cc4)c3s2)cc1. The van der Waals surface area contributed by atoms with Gasteiger partial charge in [-0.05, 0) is 69.8 Å². The summed E-state index contributed by atoms with van der Waals surface area (Å²) in [6, 6.07) is 64.3. The third-order valence-electron chi connectivity index (χ3n) is 10.4. The highest BCUT2D eigenvalue weighted by atomic mass is 32.1. The molecule has 0 N–H and O–H groups in total. The van der Waals surface area contributed by atoms with Crippen molar-refractivity contribution in [2.75, 3.05) is 0 Å². The molecule has 0 saturated carbocycles. The summed E-state index contributed by atoms with van der Waals surface area (Å²) in [5.74, 6) is 0. The molecular formula is C49H29NS3. The second-order valence-corrected chi connectivity index (χ2v) is 16.7. The fourth-order valence-electron chi connectivity index (χ4n) is 7.67. The van der Waals surface area contributed by atoms with Crippen LogP contribution in [0.5, 0.6) is 0 Å². The maximum absolute atomic E-state index is 5.32. The minimum Gasteiger partial charge on any atom is -0.235 e. The lowest BCUT2D eigenvalue weighted by molar-refractivity contribution is 1.47. The Balaban J connectivity index is 0.977. The molecule has 0 atom stereocenters. The molecule has 0 aliphatic rings. The van der Waals surface area contributed by atoms with Crippen LogP contribution in [0.4, 0.5) is 0 Å². The van der Waals surface area contributed by atoms with Gasteiger partial charge in [-0.2, -0.15) is 0 Å². The van der Waals surface area contributed by atoms with Crippen LogP contribution in [-0.4, -0.2) is 4.98 Å². The number of rotatable bonds is 5. The molecule has 3 heterocycles. The molecule has 3 aromatic heterocycles. The fraction of sp³-hybridized carbons (Fsp3) is 0. The Morgan fingerprint density at radius 2 is 0.755 bits per heavy atom. The molecule has 0 aliphatic carbocycles. The molecule has 8 aromatic carbocycles. The molecule has 248 valence electrons. The third-order valence-corrected chi connectivity index (χ3v) is 13.8. The fourth-order valence-corrected chi connectivity index (χ4v) is 11.0. The molecule has 1 nitrogen and oxygen atoms in total. The number of thiazole rings is 1. The molecule has 0 unspecified atom stereocenters. The predicted octanol–water partition coefficient (Wildman–Crippen LogP) is 15.4. The Kier molecular flexibility index (Phi) is 7.15. The van der Waals surface area contributed by atoms with E-state index in [4.69, 9.17) is 4.98 Å². The van der Waals surface area contributed by atoms with E-state index < -0.39 is 0 Å². The van der Waals surface area contributed by atoms with Crippen LogP contribution in [0.1, 0.15) is 0 Å². The normalized spacial score (nSPS) is 11.8.